The molecule has 0 spiro atoms. The number of anilines is 1. The molecule has 1 aliphatic rings. The largest absolute Gasteiger partial charge is 0.337 e. The second kappa shape index (κ2) is 7.86. The number of benzene rings is 1. The molecule has 0 bridgehead atoms. The molecule has 0 atom stereocenters. The molecule has 0 unspecified atom stereocenters. The number of hydrogen-bond acceptors (Lipinski definition) is 6. The van der Waals surface area contributed by atoms with Gasteiger partial charge < -0.3 is 9.80 Å². The Morgan fingerprint density at radius 3 is 2.57 bits per heavy atom. The van der Waals surface area contributed by atoms with E-state index < -0.39 is 10.9 Å². The monoisotopic (exact) mass is 400 g/mol. The van der Waals surface area contributed by atoms with E-state index in [4.69, 9.17) is 5.10 Å². The second-order valence-corrected chi connectivity index (χ2v) is 8.27. The van der Waals surface area contributed by atoms with E-state index in [1.807, 2.05) is 47.1 Å². The van der Waals surface area contributed by atoms with Gasteiger partial charge in [-0.15, -0.1) is 5.10 Å². The van der Waals surface area contributed by atoms with Gasteiger partial charge in [-0.3, -0.25) is 0 Å². The van der Waals surface area contributed by atoms with Gasteiger partial charge in [0.15, 0.2) is 0 Å². The molecule has 28 heavy (non-hydrogen) atoms. The number of hydrogen-bond donors (Lipinski definition) is 1. The summed E-state index contributed by atoms with van der Waals surface area (Å²) in [7, 11) is 1.08. The van der Waals surface area contributed by atoms with Crippen molar-refractivity contribution in [3.8, 4) is 11.3 Å². The van der Waals surface area contributed by atoms with Gasteiger partial charge >= 0.3 is 0 Å². The highest BCUT2D eigenvalue weighted by Gasteiger charge is 2.18. The molecule has 0 N–H and O–H groups in total. The van der Waals surface area contributed by atoms with Crippen LogP contribution in [0.25, 0.3) is 16.8 Å². The number of thiol groups is 1. The molecule has 0 amide bonds. The van der Waals surface area contributed by atoms with Crippen LogP contribution in [0.4, 0.5) is 5.95 Å². The maximum absolute atomic E-state index is 11.3. The summed E-state index contributed by atoms with van der Waals surface area (Å²) in [6, 6.07) is 11.8. The Labute approximate surface area is 166 Å². The molecule has 0 saturated carbocycles. The van der Waals surface area contributed by atoms with Crippen molar-refractivity contribution >= 4 is 22.4 Å². The molecule has 148 valence electrons. The van der Waals surface area contributed by atoms with Crippen LogP contribution in [0.5, 0.6) is 0 Å². The normalized spacial score (nSPS) is 15.8. The Morgan fingerprint density at radius 1 is 1.07 bits per heavy atom. The molecule has 9 heteroatoms. The molecular formula is C19H24N6O2S. The van der Waals surface area contributed by atoms with Crippen LogP contribution in [0.2, 0.25) is 0 Å². The molecule has 0 aliphatic carbocycles. The standard InChI is InChI=1S/C19H24N6O2S/c1-22-9-11-24(12-10-22)19-20-13-16-7-8-18(25(16)21-19)17-6-4-3-5-15(17)14-23(2)28(26)27/h3-8,13,28H,9-12,14H2,1-2H3. The second-order valence-electron chi connectivity index (χ2n) is 7.11. The minimum atomic E-state index is -2.62. The molecule has 4 rings (SSSR count). The van der Waals surface area contributed by atoms with Gasteiger partial charge in [0.05, 0.1) is 17.4 Å². The van der Waals surface area contributed by atoms with E-state index in [0.29, 0.717) is 6.54 Å². The van der Waals surface area contributed by atoms with Crippen LogP contribution in [0.1, 0.15) is 5.56 Å². The minimum Gasteiger partial charge on any atom is -0.337 e. The Hall–Kier alpha value is -2.49. The van der Waals surface area contributed by atoms with Gasteiger partial charge in [0.25, 0.3) is 0 Å². The van der Waals surface area contributed by atoms with Gasteiger partial charge in [-0.25, -0.2) is 22.2 Å². The summed E-state index contributed by atoms with van der Waals surface area (Å²) in [4.78, 5) is 9.04. The van der Waals surface area contributed by atoms with Crippen molar-refractivity contribution < 1.29 is 8.42 Å². The first-order chi connectivity index (χ1) is 13.5. The van der Waals surface area contributed by atoms with Crippen LogP contribution in [0.3, 0.4) is 0 Å². The van der Waals surface area contributed by atoms with E-state index in [9.17, 15) is 8.42 Å². The van der Waals surface area contributed by atoms with Crippen LogP contribution in [-0.4, -0.2) is 72.5 Å². The highest BCUT2D eigenvalue weighted by Crippen LogP contribution is 2.27. The van der Waals surface area contributed by atoms with Crippen molar-refractivity contribution in [2.45, 2.75) is 6.54 Å². The van der Waals surface area contributed by atoms with Crippen LogP contribution in [-0.2, 0) is 17.4 Å². The first kappa shape index (κ1) is 18.9. The lowest BCUT2D eigenvalue weighted by molar-refractivity contribution is 0.310. The van der Waals surface area contributed by atoms with Gasteiger partial charge in [0, 0.05) is 45.3 Å². The summed E-state index contributed by atoms with van der Waals surface area (Å²) in [6.07, 6.45) is 1.84. The van der Waals surface area contributed by atoms with E-state index >= 15 is 0 Å². The fourth-order valence-corrected chi connectivity index (χ4v) is 3.73. The molecule has 1 fully saturated rings. The highest BCUT2D eigenvalue weighted by molar-refractivity contribution is 7.69. The first-order valence-electron chi connectivity index (χ1n) is 9.25. The molecule has 1 aromatic carbocycles. The Morgan fingerprint density at radius 2 is 1.82 bits per heavy atom. The predicted octanol–water partition coefficient (Wildman–Crippen LogP) is 1.11. The average molecular weight is 401 g/mol. The number of rotatable bonds is 5. The zero-order chi connectivity index (χ0) is 19.7. The van der Waals surface area contributed by atoms with E-state index in [-0.39, 0.29) is 0 Å². The number of likely N-dealkylation sites (N-methyl/N-ethyl adjacent to an activating group) is 1. The average Bonchev–Trinajstić information content (AvgIpc) is 3.12. The summed E-state index contributed by atoms with van der Waals surface area (Å²) in [5.74, 6) is 0.718. The summed E-state index contributed by atoms with van der Waals surface area (Å²) in [6.45, 7) is 4.09. The fraction of sp³-hybridized carbons (Fsp3) is 0.368. The van der Waals surface area contributed by atoms with Crippen LogP contribution >= 0.6 is 0 Å². The van der Waals surface area contributed by atoms with Gasteiger partial charge in [-0.1, -0.05) is 24.3 Å². The molecular weight excluding hydrogens is 376 g/mol. The fourth-order valence-electron chi connectivity index (χ4n) is 3.46. The van der Waals surface area contributed by atoms with Crippen molar-refractivity contribution in [3.63, 3.8) is 0 Å². The molecule has 1 saturated heterocycles. The third kappa shape index (κ3) is 3.73. The van der Waals surface area contributed by atoms with Crippen LogP contribution < -0.4 is 4.90 Å². The minimum absolute atomic E-state index is 0.318. The SMILES string of the molecule is CN1CCN(c2ncc3ccc(-c4ccccc4CN(C)[SH](=O)=O)n3n2)CC1. The Balaban J connectivity index is 1.73. The van der Waals surface area contributed by atoms with E-state index in [1.54, 1.807) is 7.05 Å². The number of fused-ring (bicyclic) bond motifs is 1. The number of aromatic nitrogens is 3. The van der Waals surface area contributed by atoms with E-state index in [0.717, 1.165) is 54.5 Å². The zero-order valence-electron chi connectivity index (χ0n) is 16.0. The predicted molar refractivity (Wildman–Crippen MR) is 110 cm³/mol. The lowest BCUT2D eigenvalue weighted by Crippen LogP contribution is -2.45. The molecule has 3 heterocycles. The summed E-state index contributed by atoms with van der Waals surface area (Å²) in [5.41, 5.74) is 3.74. The van der Waals surface area contributed by atoms with Crippen molar-refractivity contribution in [1.82, 2.24) is 23.8 Å². The van der Waals surface area contributed by atoms with Crippen LogP contribution in [0, 0.1) is 0 Å². The molecule has 8 nitrogen and oxygen atoms in total. The molecule has 0 radical (unpaired) electrons. The summed E-state index contributed by atoms with van der Waals surface area (Å²) < 4.78 is 25.8. The van der Waals surface area contributed by atoms with Crippen molar-refractivity contribution in [3.05, 3.63) is 48.2 Å². The lowest BCUT2D eigenvalue weighted by Gasteiger charge is -2.32. The number of piperazine rings is 1. The quantitative estimate of drug-likeness (QED) is 0.647. The Bertz CT molecular complexity index is 1050. The third-order valence-electron chi connectivity index (χ3n) is 5.14. The van der Waals surface area contributed by atoms with Gasteiger partial charge in [0.1, 0.15) is 0 Å². The maximum atomic E-state index is 11.3. The molecule has 1 aliphatic heterocycles. The smallest absolute Gasteiger partial charge is 0.243 e. The highest BCUT2D eigenvalue weighted by atomic mass is 32.2. The van der Waals surface area contributed by atoms with Crippen molar-refractivity contribution in [1.29, 1.82) is 0 Å². The third-order valence-corrected chi connectivity index (χ3v) is 5.84. The summed E-state index contributed by atoms with van der Waals surface area (Å²) in [5, 5.41) is 4.80. The Kier molecular flexibility index (Phi) is 5.29. The van der Waals surface area contributed by atoms with Crippen LogP contribution in [0.15, 0.2) is 42.6 Å². The van der Waals surface area contributed by atoms with Crippen molar-refractivity contribution in [2.24, 2.45) is 0 Å². The van der Waals surface area contributed by atoms with E-state index in [1.165, 1.54) is 4.31 Å². The topological polar surface area (TPSA) is 74.0 Å². The summed E-state index contributed by atoms with van der Waals surface area (Å²) >= 11 is 0. The van der Waals surface area contributed by atoms with Gasteiger partial charge in [-0.05, 0) is 24.7 Å². The molecule has 2 aromatic heterocycles. The van der Waals surface area contributed by atoms with Gasteiger partial charge in [-0.2, -0.15) is 0 Å². The number of nitrogens with zero attached hydrogens (tertiary/aromatic N) is 6. The first-order valence-corrected chi connectivity index (χ1v) is 10.4. The lowest BCUT2D eigenvalue weighted by atomic mass is 10.0. The zero-order valence-corrected chi connectivity index (χ0v) is 16.9. The maximum Gasteiger partial charge on any atom is 0.243 e. The molecule has 3 aromatic rings. The van der Waals surface area contributed by atoms with Gasteiger partial charge in [0.2, 0.25) is 16.8 Å². The van der Waals surface area contributed by atoms with Crippen molar-refractivity contribution in [2.75, 3.05) is 45.2 Å². The van der Waals surface area contributed by atoms with E-state index in [2.05, 4.69) is 21.8 Å².